The van der Waals surface area contributed by atoms with Gasteiger partial charge in [-0.1, -0.05) is 48.6 Å². The van der Waals surface area contributed by atoms with Gasteiger partial charge in [0.25, 0.3) is 5.75 Å². The van der Waals surface area contributed by atoms with Crippen LogP contribution in [0.1, 0.15) is 35.3 Å². The average Bonchev–Trinajstić information content (AvgIpc) is 2.73. The Morgan fingerprint density at radius 3 is 2.43 bits per heavy atom. The first-order chi connectivity index (χ1) is 14.4. The predicted molar refractivity (Wildman–Crippen MR) is 121 cm³/mol. The van der Waals surface area contributed by atoms with Gasteiger partial charge in [-0.05, 0) is 54.5 Å². The number of fused-ring (bicyclic) bond motifs is 1. The van der Waals surface area contributed by atoms with Crippen LogP contribution >= 0.6 is 12.2 Å². The molecule has 30 heavy (non-hydrogen) atoms. The van der Waals surface area contributed by atoms with Gasteiger partial charge in [0.1, 0.15) is 0 Å². The topological polar surface area (TPSA) is 54.9 Å². The zero-order valence-corrected chi connectivity index (χ0v) is 17.5. The van der Waals surface area contributed by atoms with Gasteiger partial charge in [-0.25, -0.2) is 0 Å². The number of aryl methyl sites for hydroxylation is 1. The average molecular weight is 416 g/mol. The Labute approximate surface area is 181 Å². The number of anilines is 1. The highest BCUT2D eigenvalue weighted by Crippen LogP contribution is 2.46. The molecule has 1 amide bonds. The van der Waals surface area contributed by atoms with E-state index in [9.17, 15) is 10.1 Å². The lowest BCUT2D eigenvalue weighted by molar-refractivity contribution is -0.780. The van der Waals surface area contributed by atoms with Crippen molar-refractivity contribution in [3.63, 3.8) is 0 Å². The van der Waals surface area contributed by atoms with E-state index in [0.717, 1.165) is 33.5 Å². The summed E-state index contributed by atoms with van der Waals surface area (Å²) in [7, 11) is 0. The molecular weight excluding hydrogens is 394 g/mol. The van der Waals surface area contributed by atoms with E-state index < -0.39 is 6.10 Å². The van der Waals surface area contributed by atoms with Gasteiger partial charge >= 0.3 is 0 Å². The SMILES string of the molecule is CC(=O)Nc1ccc(C=C2C(=S)c3cc(C)ccc3[O+]([O-])C2c2ccccc2)cc1. The maximum absolute atomic E-state index is 13.3. The molecule has 0 aliphatic carbocycles. The standard InChI is InChI=1S/C25H21NO3S/c1-16-8-13-23-21(14-16)25(30)22(24(29(23)28)19-6-4-3-5-7-19)15-18-9-11-20(12-10-18)26-17(2)27/h3-15,24H,1-2H3,(H,26,27). The first-order valence-corrected chi connectivity index (χ1v) is 10.0. The molecule has 0 saturated carbocycles. The lowest BCUT2D eigenvalue weighted by Crippen LogP contribution is -2.34. The minimum atomic E-state index is -0.607. The van der Waals surface area contributed by atoms with Crippen molar-refractivity contribution in [3.8, 4) is 5.75 Å². The summed E-state index contributed by atoms with van der Waals surface area (Å²) in [6.45, 7) is 3.45. The van der Waals surface area contributed by atoms with E-state index in [4.69, 9.17) is 12.2 Å². The van der Waals surface area contributed by atoms with Crippen molar-refractivity contribution in [2.24, 2.45) is 0 Å². The first-order valence-electron chi connectivity index (χ1n) is 9.64. The van der Waals surface area contributed by atoms with E-state index in [-0.39, 0.29) is 5.91 Å². The van der Waals surface area contributed by atoms with E-state index >= 15 is 0 Å². The van der Waals surface area contributed by atoms with Crippen LogP contribution in [0.15, 0.2) is 78.4 Å². The molecule has 1 heterocycles. The Balaban J connectivity index is 1.82. The van der Waals surface area contributed by atoms with Gasteiger partial charge in [0.2, 0.25) is 12.0 Å². The number of benzene rings is 3. The number of carbonyl (C=O) groups excluding carboxylic acids is 1. The lowest BCUT2D eigenvalue weighted by Gasteiger charge is -2.40. The van der Waals surface area contributed by atoms with Gasteiger partial charge in [-0.3, -0.25) is 4.79 Å². The molecule has 4 nitrogen and oxygen atoms in total. The number of rotatable bonds is 3. The summed E-state index contributed by atoms with van der Waals surface area (Å²) in [6.07, 6.45) is 1.34. The molecule has 4 rings (SSSR count). The largest absolute Gasteiger partial charge is 0.556 e. The van der Waals surface area contributed by atoms with Crippen LogP contribution < -0.4 is 10.6 Å². The summed E-state index contributed by atoms with van der Waals surface area (Å²) in [5, 5.41) is 16.1. The Hall–Kier alpha value is -3.28. The molecule has 0 aromatic heterocycles. The number of carbonyl (C=O) groups is 1. The number of hydrogen-bond donors (Lipinski definition) is 1. The van der Waals surface area contributed by atoms with Gasteiger partial charge in [-0.2, -0.15) is 0 Å². The highest BCUT2D eigenvalue weighted by molar-refractivity contribution is 7.81. The monoisotopic (exact) mass is 415 g/mol. The van der Waals surface area contributed by atoms with Crippen molar-refractivity contribution in [2.45, 2.75) is 20.0 Å². The summed E-state index contributed by atoms with van der Waals surface area (Å²) in [5.74, 6) is 0.390. The Bertz CT molecular complexity index is 1140. The molecule has 3 aromatic carbocycles. The summed E-state index contributed by atoms with van der Waals surface area (Å²) < 4.78 is 2.04. The second kappa shape index (κ2) is 8.22. The normalized spacial score (nSPS) is 17.0. The summed E-state index contributed by atoms with van der Waals surface area (Å²) >= 11 is 5.85. The molecule has 0 fully saturated rings. The van der Waals surface area contributed by atoms with Crippen LogP contribution in [0.2, 0.25) is 0 Å². The molecule has 150 valence electrons. The quantitative estimate of drug-likeness (QED) is 0.282. The Kier molecular flexibility index (Phi) is 5.48. The first kappa shape index (κ1) is 20.0. The third kappa shape index (κ3) is 3.90. The van der Waals surface area contributed by atoms with Crippen LogP contribution in [0.5, 0.6) is 5.75 Å². The molecule has 1 atom stereocenters. The van der Waals surface area contributed by atoms with Crippen LogP contribution in [0.3, 0.4) is 0 Å². The van der Waals surface area contributed by atoms with Crippen molar-refractivity contribution in [2.75, 3.05) is 5.32 Å². The fraction of sp³-hybridized carbons (Fsp3) is 0.120. The fourth-order valence-electron chi connectivity index (χ4n) is 3.63. The molecule has 0 spiro atoms. The van der Waals surface area contributed by atoms with Crippen LogP contribution in [-0.2, 0) is 9.31 Å². The van der Waals surface area contributed by atoms with E-state index in [1.807, 2.05) is 90.3 Å². The van der Waals surface area contributed by atoms with Crippen LogP contribution in [0, 0.1) is 6.92 Å². The maximum atomic E-state index is 13.3. The molecule has 0 saturated heterocycles. The zero-order valence-electron chi connectivity index (χ0n) is 16.7. The van der Waals surface area contributed by atoms with E-state index in [0.29, 0.717) is 10.6 Å². The van der Waals surface area contributed by atoms with Crippen molar-refractivity contribution >= 4 is 34.8 Å². The Morgan fingerprint density at radius 1 is 1.07 bits per heavy atom. The summed E-state index contributed by atoms with van der Waals surface area (Å²) in [5.41, 5.74) is 5.01. The maximum Gasteiger partial charge on any atom is 0.274 e. The highest BCUT2D eigenvalue weighted by Gasteiger charge is 2.38. The number of thiocarbonyl (C=S) groups is 1. The highest BCUT2D eigenvalue weighted by atomic mass is 32.1. The lowest BCUT2D eigenvalue weighted by atomic mass is 9.89. The minimum Gasteiger partial charge on any atom is -0.556 e. The third-order valence-electron chi connectivity index (χ3n) is 5.01. The van der Waals surface area contributed by atoms with Crippen molar-refractivity contribution in [1.82, 2.24) is 0 Å². The van der Waals surface area contributed by atoms with E-state index in [1.165, 1.54) is 6.92 Å². The van der Waals surface area contributed by atoms with Crippen molar-refractivity contribution < 1.29 is 14.6 Å². The van der Waals surface area contributed by atoms with Gasteiger partial charge in [0, 0.05) is 24.2 Å². The molecule has 0 radical (unpaired) electrons. The molecular formula is C25H21NO3S. The minimum absolute atomic E-state index is 0.121. The second-order valence-electron chi connectivity index (χ2n) is 7.32. The van der Waals surface area contributed by atoms with Gasteiger partial charge in [-0.15, -0.1) is 0 Å². The number of nitrogens with one attached hydrogen (secondary N) is 1. The second-order valence-corrected chi connectivity index (χ2v) is 7.73. The molecule has 5 heteroatoms. The summed E-state index contributed by atoms with van der Waals surface area (Å²) in [4.78, 5) is 11.9. The van der Waals surface area contributed by atoms with Crippen LogP contribution in [0.4, 0.5) is 5.69 Å². The smallest absolute Gasteiger partial charge is 0.274 e. The zero-order chi connectivity index (χ0) is 21.3. The Morgan fingerprint density at radius 2 is 1.77 bits per heavy atom. The fourth-order valence-corrected chi connectivity index (χ4v) is 3.96. The van der Waals surface area contributed by atoms with Crippen LogP contribution in [0.25, 0.3) is 6.08 Å². The molecule has 0 bridgehead atoms. The van der Waals surface area contributed by atoms with E-state index in [2.05, 4.69) is 5.32 Å². The number of amides is 1. The summed E-state index contributed by atoms with van der Waals surface area (Å²) in [6, 6.07) is 22.7. The molecule has 3 aromatic rings. The van der Waals surface area contributed by atoms with Gasteiger partial charge in [0.05, 0.1) is 16.0 Å². The predicted octanol–water partition coefficient (Wildman–Crippen LogP) is 5.05. The molecule has 1 aliphatic rings. The molecule has 1 N–H and O–H groups in total. The number of hydrogen-bond acceptors (Lipinski definition) is 3. The third-order valence-corrected chi connectivity index (χ3v) is 5.47. The molecule has 1 aliphatic heterocycles. The van der Waals surface area contributed by atoms with E-state index in [1.54, 1.807) is 0 Å². The van der Waals surface area contributed by atoms with Crippen molar-refractivity contribution in [3.05, 3.63) is 101 Å². The van der Waals surface area contributed by atoms with Crippen molar-refractivity contribution in [1.29, 1.82) is 0 Å². The van der Waals surface area contributed by atoms with Gasteiger partial charge in [0.15, 0.2) is 0 Å². The van der Waals surface area contributed by atoms with Gasteiger partial charge < -0.3 is 15.1 Å². The molecule has 1 unspecified atom stereocenters. The van der Waals surface area contributed by atoms with Crippen LogP contribution in [-0.4, -0.2) is 10.8 Å².